The number of nitrogens with zero attached hydrogens (tertiary/aromatic N) is 1. The number of rotatable bonds is 24. The Balaban J connectivity index is 1.81. The fourth-order valence-corrected chi connectivity index (χ4v) is 5.87. The van der Waals surface area contributed by atoms with Crippen LogP contribution in [0.5, 0.6) is 5.75 Å². The van der Waals surface area contributed by atoms with Crippen LogP contribution in [0, 0.1) is 0 Å². The van der Waals surface area contributed by atoms with Gasteiger partial charge in [0.2, 0.25) is 6.29 Å². The maximum atomic E-state index is 13.5. The standard InChI is InChI=1S/C38H62NO3/c1-6-9-10-11-12-13-14-15-16-17-18-20-26-33-29-23-30-35(31-33)41-37(25-8-3)42-38(40)36(24-7-2)39(4,5)32-34-27-21-19-22-28-34/h19,21-23,27-31,36-37H,6-18,20,24-26,32H2,1-5H3/q+1. The van der Waals surface area contributed by atoms with Gasteiger partial charge in [0.05, 0.1) is 14.1 Å². The molecule has 0 N–H and O–H groups in total. The third-order valence-electron chi connectivity index (χ3n) is 8.37. The van der Waals surface area contributed by atoms with Crippen LogP contribution in [0.2, 0.25) is 0 Å². The number of esters is 1. The van der Waals surface area contributed by atoms with E-state index in [0.29, 0.717) is 10.9 Å². The molecule has 0 fully saturated rings. The predicted octanol–water partition coefficient (Wildman–Crippen LogP) is 10.4. The van der Waals surface area contributed by atoms with Crippen molar-refractivity contribution in [3.63, 3.8) is 0 Å². The summed E-state index contributed by atoms with van der Waals surface area (Å²) in [6, 6.07) is 18.5. The quantitative estimate of drug-likeness (QED) is 0.0536. The molecule has 2 unspecified atom stereocenters. The second-order valence-electron chi connectivity index (χ2n) is 12.8. The molecule has 0 aliphatic rings. The van der Waals surface area contributed by atoms with Gasteiger partial charge in [-0.25, -0.2) is 4.79 Å². The van der Waals surface area contributed by atoms with Crippen molar-refractivity contribution < 1.29 is 18.8 Å². The van der Waals surface area contributed by atoms with Gasteiger partial charge in [-0.05, 0) is 43.4 Å². The zero-order valence-electron chi connectivity index (χ0n) is 27.8. The number of likely N-dealkylation sites (N-methyl/N-ethyl adjacent to an activating group) is 1. The topological polar surface area (TPSA) is 35.5 Å². The van der Waals surface area contributed by atoms with E-state index in [1.807, 2.05) is 12.1 Å². The first-order valence-electron chi connectivity index (χ1n) is 17.2. The van der Waals surface area contributed by atoms with E-state index in [1.165, 1.54) is 88.2 Å². The minimum absolute atomic E-state index is 0.163. The van der Waals surface area contributed by atoms with Gasteiger partial charge in [-0.15, -0.1) is 0 Å². The fourth-order valence-electron chi connectivity index (χ4n) is 5.87. The summed E-state index contributed by atoms with van der Waals surface area (Å²) >= 11 is 0. The van der Waals surface area contributed by atoms with E-state index in [4.69, 9.17) is 9.47 Å². The lowest BCUT2D eigenvalue weighted by atomic mass is 10.0. The van der Waals surface area contributed by atoms with Crippen molar-refractivity contribution in [1.82, 2.24) is 0 Å². The number of aryl methyl sites for hydroxylation is 1. The van der Waals surface area contributed by atoms with Crippen LogP contribution in [-0.2, 0) is 22.5 Å². The fraction of sp³-hybridized carbons (Fsp3) is 0.658. The van der Waals surface area contributed by atoms with Crippen molar-refractivity contribution in [2.75, 3.05) is 14.1 Å². The molecule has 2 rings (SSSR count). The number of benzene rings is 2. The Kier molecular flexibility index (Phi) is 18.3. The molecule has 4 heteroatoms. The number of carbonyl (C=O) groups excluding carboxylic acids is 1. The highest BCUT2D eigenvalue weighted by atomic mass is 16.7. The second kappa shape index (κ2) is 21.4. The van der Waals surface area contributed by atoms with Gasteiger partial charge in [-0.2, -0.15) is 0 Å². The summed E-state index contributed by atoms with van der Waals surface area (Å²) in [5.41, 5.74) is 2.52. The van der Waals surface area contributed by atoms with Gasteiger partial charge >= 0.3 is 5.97 Å². The van der Waals surface area contributed by atoms with E-state index >= 15 is 0 Å². The number of hydrogen-bond donors (Lipinski definition) is 0. The van der Waals surface area contributed by atoms with Crippen LogP contribution in [0.15, 0.2) is 54.6 Å². The lowest BCUT2D eigenvalue weighted by Gasteiger charge is -2.37. The molecular weight excluding hydrogens is 518 g/mol. The van der Waals surface area contributed by atoms with E-state index in [1.54, 1.807) is 0 Å². The molecule has 2 atom stereocenters. The van der Waals surface area contributed by atoms with E-state index in [2.05, 4.69) is 77.3 Å². The molecule has 0 aromatic heterocycles. The van der Waals surface area contributed by atoms with Gasteiger partial charge in [-0.3, -0.25) is 0 Å². The molecule has 42 heavy (non-hydrogen) atoms. The smallest absolute Gasteiger partial charge is 0.368 e. The Morgan fingerprint density at radius 1 is 0.667 bits per heavy atom. The lowest BCUT2D eigenvalue weighted by molar-refractivity contribution is -0.920. The first-order valence-corrected chi connectivity index (χ1v) is 17.2. The van der Waals surface area contributed by atoms with Gasteiger partial charge in [0.15, 0.2) is 6.04 Å². The summed E-state index contributed by atoms with van der Waals surface area (Å²) in [6.45, 7) is 7.30. The molecule has 0 saturated heterocycles. The largest absolute Gasteiger partial charge is 0.455 e. The minimum atomic E-state index is -0.569. The molecule has 0 radical (unpaired) electrons. The van der Waals surface area contributed by atoms with Crippen LogP contribution >= 0.6 is 0 Å². The molecule has 236 valence electrons. The zero-order chi connectivity index (χ0) is 30.5. The molecule has 4 nitrogen and oxygen atoms in total. The Morgan fingerprint density at radius 3 is 1.83 bits per heavy atom. The molecule has 0 aliphatic carbocycles. The second-order valence-corrected chi connectivity index (χ2v) is 12.8. The van der Waals surface area contributed by atoms with Gasteiger partial charge < -0.3 is 14.0 Å². The molecule has 0 saturated carbocycles. The van der Waals surface area contributed by atoms with Crippen LogP contribution in [-0.4, -0.2) is 36.9 Å². The molecule has 0 spiro atoms. The summed E-state index contributed by atoms with van der Waals surface area (Å²) in [5, 5.41) is 0. The Morgan fingerprint density at radius 2 is 1.24 bits per heavy atom. The SMILES string of the molecule is CCCCCCCCCCCCCCc1cccc(OC(CCC)OC(=O)C(CCC)[N+](C)(C)Cc2ccccc2)c1. The van der Waals surface area contributed by atoms with E-state index < -0.39 is 6.29 Å². The molecule has 0 aliphatic heterocycles. The van der Waals surface area contributed by atoms with Crippen LogP contribution in [0.4, 0.5) is 0 Å². The number of ether oxygens (including phenoxy) is 2. The van der Waals surface area contributed by atoms with Crippen LogP contribution in [0.25, 0.3) is 0 Å². The maximum absolute atomic E-state index is 13.5. The van der Waals surface area contributed by atoms with Crippen molar-refractivity contribution >= 4 is 5.97 Å². The van der Waals surface area contributed by atoms with Crippen LogP contribution in [0.3, 0.4) is 0 Å². The number of unbranched alkanes of at least 4 members (excludes halogenated alkanes) is 11. The predicted molar refractivity (Wildman–Crippen MR) is 178 cm³/mol. The molecule has 0 amide bonds. The van der Waals surface area contributed by atoms with Crippen molar-refractivity contribution in [2.24, 2.45) is 0 Å². The van der Waals surface area contributed by atoms with Crippen molar-refractivity contribution in [3.8, 4) is 5.75 Å². The van der Waals surface area contributed by atoms with E-state index in [9.17, 15) is 4.79 Å². The molecular formula is C38H62NO3+. The first kappa shape index (κ1) is 35.9. The number of carbonyl (C=O) groups is 1. The molecule has 2 aromatic rings. The molecule has 0 bridgehead atoms. The maximum Gasteiger partial charge on any atom is 0.368 e. The van der Waals surface area contributed by atoms with Gasteiger partial charge in [0.25, 0.3) is 0 Å². The third-order valence-corrected chi connectivity index (χ3v) is 8.37. The van der Waals surface area contributed by atoms with Gasteiger partial charge in [0.1, 0.15) is 12.3 Å². The Labute approximate surface area is 258 Å². The number of hydrogen-bond acceptors (Lipinski definition) is 3. The Hall–Kier alpha value is -2.33. The minimum Gasteiger partial charge on any atom is -0.455 e. The van der Waals surface area contributed by atoms with Crippen molar-refractivity contribution in [3.05, 3.63) is 65.7 Å². The normalized spacial score (nSPS) is 13.1. The van der Waals surface area contributed by atoms with E-state index in [-0.39, 0.29) is 12.0 Å². The monoisotopic (exact) mass is 580 g/mol. The average molecular weight is 581 g/mol. The molecule has 0 heterocycles. The van der Waals surface area contributed by atoms with E-state index in [0.717, 1.165) is 38.0 Å². The highest BCUT2D eigenvalue weighted by Crippen LogP contribution is 2.23. The summed E-state index contributed by atoms with van der Waals surface area (Å²) in [7, 11) is 4.26. The van der Waals surface area contributed by atoms with Gasteiger partial charge in [-0.1, -0.05) is 134 Å². The summed E-state index contributed by atoms with van der Waals surface area (Å²) in [5.74, 6) is 0.631. The Bertz CT molecular complexity index is 958. The van der Waals surface area contributed by atoms with Gasteiger partial charge in [0, 0.05) is 18.4 Å². The zero-order valence-corrected chi connectivity index (χ0v) is 27.8. The van der Waals surface area contributed by atoms with Crippen molar-refractivity contribution in [2.45, 2.75) is 149 Å². The van der Waals surface area contributed by atoms with Crippen molar-refractivity contribution in [1.29, 1.82) is 0 Å². The number of quaternary nitrogens is 1. The lowest BCUT2D eigenvalue weighted by Crippen LogP contribution is -2.53. The highest BCUT2D eigenvalue weighted by molar-refractivity contribution is 5.74. The first-order chi connectivity index (χ1) is 20.4. The highest BCUT2D eigenvalue weighted by Gasteiger charge is 2.37. The summed E-state index contributed by atoms with van der Waals surface area (Å²) < 4.78 is 12.9. The van der Waals surface area contributed by atoms with Crippen LogP contribution in [0.1, 0.15) is 135 Å². The third kappa shape index (κ3) is 14.7. The summed E-state index contributed by atoms with van der Waals surface area (Å²) in [4.78, 5) is 13.5. The molecule has 2 aromatic carbocycles. The summed E-state index contributed by atoms with van der Waals surface area (Å²) in [6.07, 6.45) is 20.1. The average Bonchev–Trinajstić information content (AvgIpc) is 2.97. The van der Waals surface area contributed by atoms with Crippen LogP contribution < -0.4 is 4.74 Å².